The van der Waals surface area contributed by atoms with Crippen molar-refractivity contribution >= 4 is 24.4 Å². The van der Waals surface area contributed by atoms with Crippen LogP contribution in [0.15, 0.2) is 23.3 Å². The first kappa shape index (κ1) is 23.3. The van der Waals surface area contributed by atoms with Crippen LogP contribution in [-0.2, 0) is 14.3 Å². The molecule has 28 heavy (non-hydrogen) atoms. The largest absolute Gasteiger partial charge is 0.461 e. The number of thiol groups is 1. The predicted octanol–water partition coefficient (Wildman–Crippen LogP) is 6.23. The molecule has 3 nitrogen and oxygen atoms in total. The summed E-state index contributed by atoms with van der Waals surface area (Å²) in [4.78, 5) is 23.9. The van der Waals surface area contributed by atoms with E-state index in [4.69, 9.17) is 17.4 Å². The van der Waals surface area contributed by atoms with Gasteiger partial charge in [-0.2, -0.15) is 12.6 Å². The van der Waals surface area contributed by atoms with Gasteiger partial charge >= 0.3 is 5.97 Å². The number of carbonyl (C=O) groups excluding carboxylic acids is 2. The molecule has 158 valence electrons. The van der Waals surface area contributed by atoms with E-state index in [1.807, 2.05) is 6.92 Å². The minimum atomic E-state index is -0.350. The second kappa shape index (κ2) is 10.7. The molecule has 0 amide bonds. The summed E-state index contributed by atoms with van der Waals surface area (Å²) in [5.74, 6) is 1.06. The zero-order valence-electron chi connectivity index (χ0n) is 18.1. The van der Waals surface area contributed by atoms with Crippen LogP contribution in [0.3, 0.4) is 0 Å². The van der Waals surface area contributed by atoms with Crippen molar-refractivity contribution in [3.05, 3.63) is 23.3 Å². The van der Waals surface area contributed by atoms with Gasteiger partial charge in [0, 0.05) is 19.3 Å². The summed E-state index contributed by atoms with van der Waals surface area (Å²) >= 11 is 5.16. The number of ketones is 1. The number of rotatable bonds is 4. The van der Waals surface area contributed by atoms with Gasteiger partial charge in [-0.3, -0.25) is 9.59 Å². The van der Waals surface area contributed by atoms with Crippen LogP contribution in [0, 0.1) is 11.8 Å². The Balaban J connectivity index is 2.26. The summed E-state index contributed by atoms with van der Waals surface area (Å²) in [5.41, 5.74) is 2.83. The molecule has 0 aromatic rings. The van der Waals surface area contributed by atoms with Crippen molar-refractivity contribution in [3.8, 4) is 0 Å². The summed E-state index contributed by atoms with van der Waals surface area (Å²) in [5, 5.41) is 0. The second-order valence-electron chi connectivity index (χ2n) is 8.74. The van der Waals surface area contributed by atoms with Crippen molar-refractivity contribution in [2.75, 3.05) is 0 Å². The maximum absolute atomic E-state index is 12.0. The van der Waals surface area contributed by atoms with Crippen LogP contribution >= 0.6 is 12.6 Å². The van der Waals surface area contributed by atoms with Gasteiger partial charge in [-0.1, -0.05) is 44.1 Å². The van der Waals surface area contributed by atoms with E-state index in [1.54, 1.807) is 0 Å². The first-order chi connectivity index (χ1) is 13.3. The van der Waals surface area contributed by atoms with Gasteiger partial charge in [0.2, 0.25) is 0 Å². The predicted molar refractivity (Wildman–Crippen MR) is 119 cm³/mol. The molecule has 0 heterocycles. The average Bonchev–Trinajstić information content (AvgIpc) is 2.85. The van der Waals surface area contributed by atoms with Crippen LogP contribution in [0.4, 0.5) is 0 Å². The molecule has 0 saturated carbocycles. The van der Waals surface area contributed by atoms with E-state index in [-0.39, 0.29) is 16.8 Å². The maximum Gasteiger partial charge on any atom is 0.305 e. The third kappa shape index (κ3) is 5.98. The SMILES string of the molecule is CCC(=O)OC(CC)C1(S)C/C=C(\C)CC2CCC(=O)CC=C2CCCC1C. The summed E-state index contributed by atoms with van der Waals surface area (Å²) in [6.07, 6.45) is 12.8. The minimum absolute atomic E-state index is 0.139. The molecule has 2 aliphatic carbocycles. The quantitative estimate of drug-likeness (QED) is 0.342. The molecule has 0 radical (unpaired) electrons. The van der Waals surface area contributed by atoms with Crippen LogP contribution in [0.1, 0.15) is 91.9 Å². The fraction of sp³-hybridized carbons (Fsp3) is 0.750. The fourth-order valence-corrected chi connectivity index (χ4v) is 5.13. The fourth-order valence-electron chi connectivity index (χ4n) is 4.68. The normalized spacial score (nSPS) is 32.7. The molecule has 2 aliphatic rings. The van der Waals surface area contributed by atoms with Gasteiger partial charge in [0.05, 0.1) is 4.75 Å². The molecule has 4 unspecified atom stereocenters. The standard InChI is InChI=1S/C24H38O3S/c1-5-22(27-23(26)6-2)24(28)15-14-17(3)16-20-11-13-21(25)12-10-19(20)9-7-8-18(24)4/h10,14,18,20,22,28H,5-9,11-13,15-16H2,1-4H3/b17-14+. The zero-order valence-corrected chi connectivity index (χ0v) is 19.0. The van der Waals surface area contributed by atoms with Gasteiger partial charge < -0.3 is 4.74 Å². The van der Waals surface area contributed by atoms with Crippen LogP contribution in [0.5, 0.6) is 0 Å². The Hall–Kier alpha value is -1.03. The first-order valence-corrected chi connectivity index (χ1v) is 11.5. The molecular weight excluding hydrogens is 368 g/mol. The second-order valence-corrected chi connectivity index (χ2v) is 9.57. The monoisotopic (exact) mass is 406 g/mol. The summed E-state index contributed by atoms with van der Waals surface area (Å²) in [6.45, 7) is 8.37. The molecule has 0 spiro atoms. The highest BCUT2D eigenvalue weighted by Gasteiger charge is 2.41. The summed E-state index contributed by atoms with van der Waals surface area (Å²) in [7, 11) is 0. The molecule has 2 rings (SSSR count). The third-order valence-corrected chi connectivity index (χ3v) is 7.59. The van der Waals surface area contributed by atoms with Gasteiger partial charge in [-0.25, -0.2) is 0 Å². The molecule has 4 atom stereocenters. The highest BCUT2D eigenvalue weighted by molar-refractivity contribution is 7.81. The Morgan fingerprint density at radius 1 is 1.29 bits per heavy atom. The number of esters is 1. The Kier molecular flexibility index (Phi) is 8.85. The molecule has 0 aromatic heterocycles. The van der Waals surface area contributed by atoms with Gasteiger partial charge in [-0.05, 0) is 63.7 Å². The molecule has 0 aliphatic heterocycles. The Labute approximate surface area is 176 Å². The highest BCUT2D eigenvalue weighted by atomic mass is 32.1. The Bertz CT molecular complexity index is 621. The van der Waals surface area contributed by atoms with Crippen molar-refractivity contribution in [2.24, 2.45) is 11.8 Å². The van der Waals surface area contributed by atoms with E-state index in [2.05, 4.69) is 32.9 Å². The molecule has 0 saturated heterocycles. The molecule has 4 heteroatoms. The lowest BCUT2D eigenvalue weighted by atomic mass is 9.80. The average molecular weight is 407 g/mol. The molecule has 0 aromatic carbocycles. The van der Waals surface area contributed by atoms with Gasteiger partial charge in [0.15, 0.2) is 0 Å². The maximum atomic E-state index is 12.0. The van der Waals surface area contributed by atoms with Crippen LogP contribution in [-0.4, -0.2) is 22.6 Å². The lowest BCUT2D eigenvalue weighted by Crippen LogP contribution is -2.45. The van der Waals surface area contributed by atoms with Crippen molar-refractivity contribution in [1.29, 1.82) is 0 Å². The van der Waals surface area contributed by atoms with Crippen molar-refractivity contribution < 1.29 is 14.3 Å². The first-order valence-electron chi connectivity index (χ1n) is 11.1. The summed E-state index contributed by atoms with van der Waals surface area (Å²) in [6, 6.07) is 0. The Morgan fingerprint density at radius 2 is 2.04 bits per heavy atom. The molecular formula is C24H38O3S. The van der Waals surface area contributed by atoms with E-state index in [0.29, 0.717) is 36.9 Å². The number of hydrogen-bond acceptors (Lipinski definition) is 4. The van der Waals surface area contributed by atoms with E-state index in [0.717, 1.165) is 44.9 Å². The number of allylic oxidation sites excluding steroid dienone is 4. The van der Waals surface area contributed by atoms with E-state index in [1.165, 1.54) is 11.1 Å². The molecule has 0 N–H and O–H groups in total. The van der Waals surface area contributed by atoms with Crippen molar-refractivity contribution in [2.45, 2.75) is 103 Å². The minimum Gasteiger partial charge on any atom is -0.461 e. The Morgan fingerprint density at radius 3 is 2.71 bits per heavy atom. The highest BCUT2D eigenvalue weighted by Crippen LogP contribution is 2.41. The zero-order chi connectivity index (χ0) is 20.7. The van der Waals surface area contributed by atoms with Crippen LogP contribution in [0.2, 0.25) is 0 Å². The third-order valence-electron chi connectivity index (χ3n) is 6.68. The van der Waals surface area contributed by atoms with Crippen molar-refractivity contribution in [3.63, 3.8) is 0 Å². The number of ether oxygens (including phenoxy) is 1. The lowest BCUT2D eigenvalue weighted by molar-refractivity contribution is -0.151. The molecule has 0 fully saturated rings. The van der Waals surface area contributed by atoms with Crippen molar-refractivity contribution in [1.82, 2.24) is 0 Å². The number of hydrogen-bond donors (Lipinski definition) is 1. The number of fused-ring (bicyclic) bond motifs is 1. The van der Waals surface area contributed by atoms with Gasteiger partial charge in [0.1, 0.15) is 11.9 Å². The van der Waals surface area contributed by atoms with E-state index in [9.17, 15) is 9.59 Å². The van der Waals surface area contributed by atoms with Crippen LogP contribution in [0.25, 0.3) is 0 Å². The lowest BCUT2D eigenvalue weighted by Gasteiger charge is -2.40. The number of carbonyl (C=O) groups is 2. The summed E-state index contributed by atoms with van der Waals surface area (Å²) < 4.78 is 5.48. The van der Waals surface area contributed by atoms with E-state index >= 15 is 0 Å². The molecule has 0 bridgehead atoms. The van der Waals surface area contributed by atoms with E-state index < -0.39 is 0 Å². The topological polar surface area (TPSA) is 43.4 Å². The smallest absolute Gasteiger partial charge is 0.305 e. The van der Waals surface area contributed by atoms with Gasteiger partial charge in [0.25, 0.3) is 0 Å². The number of Topliss-reactive ketones (excluding diaryl/α,β-unsaturated/α-hetero) is 1. The van der Waals surface area contributed by atoms with Gasteiger partial charge in [-0.15, -0.1) is 0 Å². The van der Waals surface area contributed by atoms with Crippen LogP contribution < -0.4 is 0 Å².